The Morgan fingerprint density at radius 2 is 1.71 bits per heavy atom. The van der Waals surface area contributed by atoms with Crippen molar-refractivity contribution in [3.8, 4) is 17.2 Å². The Morgan fingerprint density at radius 1 is 0.971 bits per heavy atom. The largest absolute Gasteiger partial charge is 0.398 e. The fourth-order valence-electron chi connectivity index (χ4n) is 3.98. The molecule has 0 radical (unpaired) electrons. The van der Waals surface area contributed by atoms with Crippen LogP contribution in [0.2, 0.25) is 0 Å². The maximum atomic E-state index is 12.3. The summed E-state index contributed by atoms with van der Waals surface area (Å²) in [5.74, 6) is 0.413. The summed E-state index contributed by atoms with van der Waals surface area (Å²) in [6.45, 7) is 2.01. The first-order chi connectivity index (χ1) is 16.9. The molecule has 0 aliphatic heterocycles. The number of hydrogen-bond donors (Lipinski definition) is 3. The minimum absolute atomic E-state index is 0.148. The van der Waals surface area contributed by atoms with Gasteiger partial charge in [0.05, 0.1) is 12.5 Å². The number of aryl methyl sites for hydroxylation is 1. The average Bonchev–Trinajstić information content (AvgIpc) is 2.87. The molecule has 0 saturated heterocycles. The zero-order valence-electron chi connectivity index (χ0n) is 18.8. The van der Waals surface area contributed by atoms with Crippen molar-refractivity contribution in [2.24, 2.45) is 0 Å². The van der Waals surface area contributed by atoms with Gasteiger partial charge >= 0.3 is 0 Å². The predicted molar refractivity (Wildman–Crippen MR) is 138 cm³/mol. The quantitative estimate of drug-likeness (QED) is 0.252. The van der Waals surface area contributed by atoms with Gasteiger partial charge in [-0.15, -0.1) is 0 Å². The van der Waals surface area contributed by atoms with E-state index >= 15 is 0 Å². The van der Waals surface area contributed by atoms with Crippen molar-refractivity contribution in [1.82, 2.24) is 9.97 Å². The molecule has 0 amide bonds. The third-order valence-electron chi connectivity index (χ3n) is 5.89. The van der Waals surface area contributed by atoms with Crippen molar-refractivity contribution in [2.75, 3.05) is 16.4 Å². The van der Waals surface area contributed by atoms with E-state index in [9.17, 15) is 9.59 Å². The maximum Gasteiger partial charge on any atom is 0.253 e. The highest BCUT2D eigenvalue weighted by atomic mass is 16.2. The SMILES string of the molecule is Cc1ccncc1-c1cc(N)c2cnc(Nc3c(Nc4ccc(CC#N)cc4)c(=O)c3=O)cc2c1. The van der Waals surface area contributed by atoms with Gasteiger partial charge < -0.3 is 16.4 Å². The summed E-state index contributed by atoms with van der Waals surface area (Å²) in [4.78, 5) is 33.1. The molecule has 0 spiro atoms. The van der Waals surface area contributed by atoms with Gasteiger partial charge in [0.25, 0.3) is 10.9 Å². The highest BCUT2D eigenvalue weighted by Crippen LogP contribution is 2.32. The zero-order chi connectivity index (χ0) is 24.5. The summed E-state index contributed by atoms with van der Waals surface area (Å²) in [6.07, 6.45) is 5.48. The molecule has 8 nitrogen and oxygen atoms in total. The number of rotatable bonds is 6. The minimum atomic E-state index is -0.616. The van der Waals surface area contributed by atoms with Gasteiger partial charge in [-0.25, -0.2) is 4.98 Å². The van der Waals surface area contributed by atoms with Crippen LogP contribution in [0.1, 0.15) is 11.1 Å². The first-order valence-electron chi connectivity index (χ1n) is 10.9. The lowest BCUT2D eigenvalue weighted by Crippen LogP contribution is -2.35. The first-order valence-corrected chi connectivity index (χ1v) is 10.9. The van der Waals surface area contributed by atoms with Crippen molar-refractivity contribution in [3.05, 3.63) is 98.7 Å². The number of anilines is 5. The van der Waals surface area contributed by atoms with E-state index in [1.807, 2.05) is 25.1 Å². The smallest absolute Gasteiger partial charge is 0.253 e. The fraction of sp³-hybridized carbons (Fsp3) is 0.0741. The lowest BCUT2D eigenvalue weighted by molar-refractivity contribution is 1.26. The second-order valence-corrected chi connectivity index (χ2v) is 8.24. The molecule has 2 aromatic heterocycles. The summed E-state index contributed by atoms with van der Waals surface area (Å²) in [5, 5.41) is 16.4. The number of nitrogens with zero attached hydrogens (tertiary/aromatic N) is 3. The van der Waals surface area contributed by atoms with E-state index in [1.54, 1.807) is 48.9 Å². The number of nitriles is 1. The van der Waals surface area contributed by atoms with Crippen LogP contribution in [0.3, 0.4) is 0 Å². The monoisotopic (exact) mass is 460 g/mol. The van der Waals surface area contributed by atoms with Crippen molar-refractivity contribution in [1.29, 1.82) is 5.26 Å². The van der Waals surface area contributed by atoms with Crippen LogP contribution in [0.25, 0.3) is 21.9 Å². The molecule has 0 atom stereocenters. The highest BCUT2D eigenvalue weighted by Gasteiger charge is 2.22. The van der Waals surface area contributed by atoms with E-state index in [1.165, 1.54) is 0 Å². The van der Waals surface area contributed by atoms with Gasteiger partial charge in [0.2, 0.25) is 0 Å². The molecule has 170 valence electrons. The Kier molecular flexibility index (Phi) is 5.43. The van der Waals surface area contributed by atoms with E-state index in [0.29, 0.717) is 23.6 Å². The number of fused-ring (bicyclic) bond motifs is 1. The highest BCUT2D eigenvalue weighted by molar-refractivity contribution is 5.98. The number of aromatic nitrogens is 2. The van der Waals surface area contributed by atoms with Gasteiger partial charge in [0.1, 0.15) is 17.2 Å². The molecule has 0 aliphatic rings. The lowest BCUT2D eigenvalue weighted by atomic mass is 9.99. The number of nitrogens with two attached hydrogens (primary N) is 1. The van der Waals surface area contributed by atoms with Crippen LogP contribution in [-0.4, -0.2) is 9.97 Å². The van der Waals surface area contributed by atoms with E-state index in [0.717, 1.165) is 33.0 Å². The van der Waals surface area contributed by atoms with Gasteiger partial charge in [-0.1, -0.05) is 12.1 Å². The lowest BCUT2D eigenvalue weighted by Gasteiger charge is -2.15. The molecular weight excluding hydrogens is 440 g/mol. The molecule has 4 N–H and O–H groups in total. The van der Waals surface area contributed by atoms with Crippen molar-refractivity contribution in [2.45, 2.75) is 13.3 Å². The number of nitrogen functional groups attached to an aromatic ring is 1. The zero-order valence-corrected chi connectivity index (χ0v) is 18.8. The minimum Gasteiger partial charge on any atom is -0.398 e. The second kappa shape index (κ2) is 8.72. The van der Waals surface area contributed by atoms with Crippen LogP contribution in [0, 0.1) is 18.3 Å². The van der Waals surface area contributed by atoms with E-state index < -0.39 is 10.9 Å². The molecule has 5 aromatic rings. The number of benzene rings is 2. The summed E-state index contributed by atoms with van der Waals surface area (Å²) in [7, 11) is 0. The van der Waals surface area contributed by atoms with Crippen LogP contribution < -0.4 is 27.2 Å². The summed E-state index contributed by atoms with van der Waals surface area (Å²) in [6, 6.07) is 16.8. The average molecular weight is 460 g/mol. The van der Waals surface area contributed by atoms with Gasteiger partial charge in [0.15, 0.2) is 0 Å². The predicted octanol–water partition coefficient (Wildman–Crippen LogP) is 4.34. The molecular formula is C27H20N6O2. The summed E-state index contributed by atoms with van der Waals surface area (Å²) < 4.78 is 0. The molecule has 3 aromatic carbocycles. The molecule has 0 bridgehead atoms. The Morgan fingerprint density at radius 3 is 2.43 bits per heavy atom. The summed E-state index contributed by atoms with van der Waals surface area (Å²) in [5.41, 5.74) is 10.4. The number of hydrogen-bond acceptors (Lipinski definition) is 8. The Labute approximate surface area is 200 Å². The molecule has 0 unspecified atom stereocenters. The number of pyridine rings is 2. The normalized spacial score (nSPS) is 10.9. The van der Waals surface area contributed by atoms with E-state index in [4.69, 9.17) is 11.0 Å². The van der Waals surface area contributed by atoms with Crippen LogP contribution >= 0.6 is 0 Å². The van der Waals surface area contributed by atoms with Gasteiger partial charge in [0, 0.05) is 40.9 Å². The van der Waals surface area contributed by atoms with Crippen LogP contribution in [0.15, 0.2) is 76.7 Å². The summed E-state index contributed by atoms with van der Waals surface area (Å²) >= 11 is 0. The van der Waals surface area contributed by atoms with Crippen LogP contribution in [0.5, 0.6) is 0 Å². The molecule has 0 fully saturated rings. The first kappa shape index (κ1) is 21.8. The molecule has 35 heavy (non-hydrogen) atoms. The second-order valence-electron chi connectivity index (χ2n) is 8.24. The standard InChI is InChI=1S/C27H20N6O2/c1-15-7-9-30-13-20(15)17-10-18-12-23(31-14-21(18)22(29)11-17)33-25-24(26(34)27(25)35)32-19-4-2-16(3-5-19)6-8-28/h2-5,7,9-14,32H,6,29H2,1H3,(H,31,33). The third kappa shape index (κ3) is 4.07. The molecule has 5 rings (SSSR count). The van der Waals surface area contributed by atoms with Crippen molar-refractivity contribution < 1.29 is 0 Å². The molecule has 0 aliphatic carbocycles. The Hall–Kier alpha value is -5.03. The van der Waals surface area contributed by atoms with Gasteiger partial charge in [-0.05, 0) is 65.4 Å². The Bertz CT molecular complexity index is 1690. The van der Waals surface area contributed by atoms with Crippen LogP contribution in [0.4, 0.5) is 28.6 Å². The van der Waals surface area contributed by atoms with Gasteiger partial charge in [-0.2, -0.15) is 5.26 Å². The third-order valence-corrected chi connectivity index (χ3v) is 5.89. The van der Waals surface area contributed by atoms with E-state index in [2.05, 4.69) is 26.7 Å². The van der Waals surface area contributed by atoms with Crippen LogP contribution in [-0.2, 0) is 6.42 Å². The van der Waals surface area contributed by atoms with Crippen molar-refractivity contribution >= 4 is 39.3 Å². The fourth-order valence-corrected chi connectivity index (χ4v) is 3.98. The van der Waals surface area contributed by atoms with E-state index in [-0.39, 0.29) is 11.4 Å². The number of nitrogens with one attached hydrogen (secondary N) is 2. The van der Waals surface area contributed by atoms with Gasteiger partial charge in [-0.3, -0.25) is 14.6 Å². The molecule has 2 heterocycles. The van der Waals surface area contributed by atoms with Crippen molar-refractivity contribution in [3.63, 3.8) is 0 Å². The molecule has 8 heteroatoms. The maximum absolute atomic E-state index is 12.3. The topological polar surface area (TPSA) is 134 Å². The Balaban J connectivity index is 1.46. The molecule has 0 saturated carbocycles.